The molecule has 0 bridgehead atoms. The Kier molecular flexibility index (Phi) is 4.20. The second-order valence-corrected chi connectivity index (χ2v) is 3.03. The van der Waals surface area contributed by atoms with E-state index in [4.69, 9.17) is 0 Å². The molecule has 1 aromatic carbocycles. The molecular formula is C11H11NO4. The number of nitro groups is 1. The van der Waals surface area contributed by atoms with Crippen LogP contribution in [0.4, 0.5) is 5.69 Å². The highest BCUT2D eigenvalue weighted by atomic mass is 16.6. The van der Waals surface area contributed by atoms with Gasteiger partial charge in [-0.15, -0.1) is 0 Å². The minimum absolute atomic E-state index is 0.0280. The van der Waals surface area contributed by atoms with Gasteiger partial charge in [0, 0.05) is 12.1 Å². The molecule has 0 unspecified atom stereocenters. The van der Waals surface area contributed by atoms with Crippen molar-refractivity contribution in [2.75, 3.05) is 7.11 Å². The maximum Gasteiger partial charge on any atom is 0.309 e. The molecule has 0 fully saturated rings. The molecule has 1 aromatic rings. The first-order valence-corrected chi connectivity index (χ1v) is 4.61. The molecule has 0 atom stereocenters. The molecular weight excluding hydrogens is 210 g/mol. The van der Waals surface area contributed by atoms with Gasteiger partial charge >= 0.3 is 5.97 Å². The molecule has 5 nitrogen and oxygen atoms in total. The van der Waals surface area contributed by atoms with E-state index in [9.17, 15) is 14.9 Å². The Bertz CT molecular complexity index is 426. The van der Waals surface area contributed by atoms with E-state index in [1.54, 1.807) is 24.3 Å². The number of hydrogen-bond donors (Lipinski definition) is 0. The summed E-state index contributed by atoms with van der Waals surface area (Å²) in [7, 11) is 1.31. The largest absolute Gasteiger partial charge is 0.469 e. The molecule has 0 aliphatic rings. The second kappa shape index (κ2) is 5.65. The summed E-state index contributed by atoms with van der Waals surface area (Å²) in [6.45, 7) is 0. The lowest BCUT2D eigenvalue weighted by Gasteiger charge is -1.94. The zero-order valence-corrected chi connectivity index (χ0v) is 8.75. The lowest BCUT2D eigenvalue weighted by Crippen LogP contribution is -1.96. The molecule has 16 heavy (non-hydrogen) atoms. The SMILES string of the molecule is COC(=O)CC=Cc1cccc([N+](=O)[O-])c1. The summed E-state index contributed by atoms with van der Waals surface area (Å²) in [4.78, 5) is 20.8. The first-order chi connectivity index (χ1) is 7.63. The summed E-state index contributed by atoms with van der Waals surface area (Å²) >= 11 is 0. The molecule has 0 radical (unpaired) electrons. The predicted octanol–water partition coefficient (Wildman–Crippen LogP) is 2.17. The Morgan fingerprint density at radius 2 is 2.31 bits per heavy atom. The van der Waals surface area contributed by atoms with Gasteiger partial charge in [0.05, 0.1) is 18.5 Å². The van der Waals surface area contributed by atoms with Gasteiger partial charge in [0.25, 0.3) is 5.69 Å². The molecule has 5 heteroatoms. The lowest BCUT2D eigenvalue weighted by atomic mass is 10.2. The molecule has 0 aliphatic carbocycles. The van der Waals surface area contributed by atoms with Crippen LogP contribution in [0.25, 0.3) is 6.08 Å². The number of ether oxygens (including phenoxy) is 1. The highest BCUT2D eigenvalue weighted by Crippen LogP contribution is 2.14. The zero-order valence-electron chi connectivity index (χ0n) is 8.75. The average molecular weight is 221 g/mol. The number of esters is 1. The van der Waals surface area contributed by atoms with E-state index in [0.29, 0.717) is 5.56 Å². The lowest BCUT2D eigenvalue weighted by molar-refractivity contribution is -0.384. The Hall–Kier alpha value is -2.17. The first kappa shape index (κ1) is 11.9. The van der Waals surface area contributed by atoms with E-state index in [2.05, 4.69) is 4.74 Å². The molecule has 1 rings (SSSR count). The third-order valence-corrected chi connectivity index (χ3v) is 1.90. The molecule has 84 valence electrons. The molecule has 0 heterocycles. The highest BCUT2D eigenvalue weighted by molar-refractivity contribution is 5.72. The number of benzene rings is 1. The first-order valence-electron chi connectivity index (χ1n) is 4.61. The molecule has 0 aliphatic heterocycles. The van der Waals surface area contributed by atoms with Gasteiger partial charge in [0.15, 0.2) is 0 Å². The van der Waals surface area contributed by atoms with E-state index in [0.717, 1.165) is 0 Å². The Labute approximate surface area is 92.5 Å². The van der Waals surface area contributed by atoms with Gasteiger partial charge in [-0.3, -0.25) is 14.9 Å². The summed E-state index contributed by atoms with van der Waals surface area (Å²) in [5.74, 6) is -0.346. The third kappa shape index (κ3) is 3.53. The van der Waals surface area contributed by atoms with Gasteiger partial charge in [0.2, 0.25) is 0 Å². The molecule has 0 amide bonds. The van der Waals surface area contributed by atoms with Crippen molar-refractivity contribution in [3.05, 3.63) is 46.0 Å². The quantitative estimate of drug-likeness (QED) is 0.444. The molecule has 0 N–H and O–H groups in total. The fourth-order valence-electron chi connectivity index (χ4n) is 1.12. The second-order valence-electron chi connectivity index (χ2n) is 3.03. The third-order valence-electron chi connectivity index (χ3n) is 1.90. The van der Waals surface area contributed by atoms with E-state index < -0.39 is 4.92 Å². The van der Waals surface area contributed by atoms with Gasteiger partial charge < -0.3 is 4.74 Å². The summed E-state index contributed by atoms with van der Waals surface area (Å²) in [5.41, 5.74) is 0.707. The summed E-state index contributed by atoms with van der Waals surface area (Å²) < 4.78 is 4.45. The van der Waals surface area contributed by atoms with Gasteiger partial charge in [-0.1, -0.05) is 24.3 Å². The maximum atomic E-state index is 10.8. The Morgan fingerprint density at radius 1 is 1.56 bits per heavy atom. The number of nitrogens with zero attached hydrogens (tertiary/aromatic N) is 1. The van der Waals surface area contributed by atoms with Gasteiger partial charge in [-0.25, -0.2) is 0 Å². The number of methoxy groups -OCH3 is 1. The van der Waals surface area contributed by atoms with E-state index >= 15 is 0 Å². The number of hydrogen-bond acceptors (Lipinski definition) is 4. The topological polar surface area (TPSA) is 69.4 Å². The van der Waals surface area contributed by atoms with Crippen LogP contribution in [-0.4, -0.2) is 18.0 Å². The van der Waals surface area contributed by atoms with Gasteiger partial charge in [-0.05, 0) is 5.56 Å². The van der Waals surface area contributed by atoms with Crippen LogP contribution in [0, 0.1) is 10.1 Å². The smallest absolute Gasteiger partial charge is 0.309 e. The van der Waals surface area contributed by atoms with Crippen molar-refractivity contribution >= 4 is 17.7 Å². The van der Waals surface area contributed by atoms with Crippen molar-refractivity contribution in [3.8, 4) is 0 Å². The predicted molar refractivity (Wildman–Crippen MR) is 58.8 cm³/mol. The van der Waals surface area contributed by atoms with E-state index in [1.165, 1.54) is 19.2 Å². The molecule has 0 saturated heterocycles. The number of carbonyl (C=O) groups excluding carboxylic acids is 1. The van der Waals surface area contributed by atoms with Crippen LogP contribution in [-0.2, 0) is 9.53 Å². The van der Waals surface area contributed by atoms with Gasteiger partial charge in [0.1, 0.15) is 0 Å². The van der Waals surface area contributed by atoms with Crippen molar-refractivity contribution in [2.24, 2.45) is 0 Å². The number of non-ortho nitro benzene ring substituents is 1. The molecule has 0 spiro atoms. The zero-order chi connectivity index (χ0) is 12.0. The molecule has 0 aromatic heterocycles. The van der Waals surface area contributed by atoms with Crippen molar-refractivity contribution in [3.63, 3.8) is 0 Å². The monoisotopic (exact) mass is 221 g/mol. The fourth-order valence-corrected chi connectivity index (χ4v) is 1.12. The van der Waals surface area contributed by atoms with Crippen LogP contribution in [0.1, 0.15) is 12.0 Å². The van der Waals surface area contributed by atoms with Crippen molar-refractivity contribution in [1.29, 1.82) is 0 Å². The standard InChI is InChI=1S/C11H11NO4/c1-16-11(13)7-3-5-9-4-2-6-10(8-9)12(14)15/h2-6,8H,7H2,1H3. The van der Waals surface area contributed by atoms with Crippen LogP contribution < -0.4 is 0 Å². The maximum absolute atomic E-state index is 10.8. The Balaban J connectivity index is 2.70. The van der Waals surface area contributed by atoms with Crippen LogP contribution >= 0.6 is 0 Å². The van der Waals surface area contributed by atoms with Crippen molar-refractivity contribution in [1.82, 2.24) is 0 Å². The minimum Gasteiger partial charge on any atom is -0.469 e. The summed E-state index contributed by atoms with van der Waals surface area (Å²) in [6, 6.07) is 6.17. The van der Waals surface area contributed by atoms with Crippen molar-refractivity contribution in [2.45, 2.75) is 6.42 Å². The summed E-state index contributed by atoms with van der Waals surface area (Å²) in [5, 5.41) is 10.5. The minimum atomic E-state index is -0.461. The van der Waals surface area contributed by atoms with Gasteiger partial charge in [-0.2, -0.15) is 0 Å². The Morgan fingerprint density at radius 3 is 2.94 bits per heavy atom. The van der Waals surface area contributed by atoms with Crippen LogP contribution in [0.5, 0.6) is 0 Å². The van der Waals surface area contributed by atoms with Crippen LogP contribution in [0.3, 0.4) is 0 Å². The fraction of sp³-hybridized carbons (Fsp3) is 0.182. The number of carbonyl (C=O) groups is 1. The highest BCUT2D eigenvalue weighted by Gasteiger charge is 2.03. The van der Waals surface area contributed by atoms with Crippen LogP contribution in [0.15, 0.2) is 30.3 Å². The van der Waals surface area contributed by atoms with Crippen LogP contribution in [0.2, 0.25) is 0 Å². The number of rotatable bonds is 4. The van der Waals surface area contributed by atoms with Crippen molar-refractivity contribution < 1.29 is 14.5 Å². The summed E-state index contributed by atoms with van der Waals surface area (Å²) in [6.07, 6.45) is 3.40. The van der Waals surface area contributed by atoms with E-state index in [-0.39, 0.29) is 18.1 Å². The van der Waals surface area contributed by atoms with E-state index in [1.807, 2.05) is 0 Å². The normalized spacial score (nSPS) is 10.3. The molecule has 0 saturated carbocycles. The number of nitro benzene ring substituents is 1. The average Bonchev–Trinajstić information content (AvgIpc) is 2.29.